The Labute approximate surface area is 91.5 Å². The van der Waals surface area contributed by atoms with E-state index >= 15 is 0 Å². The fraction of sp³-hybridized carbons (Fsp3) is 0.909. The number of hydrogen-bond acceptors (Lipinski definition) is 3. The zero-order chi connectivity index (χ0) is 11.4. The summed E-state index contributed by atoms with van der Waals surface area (Å²) in [7, 11) is 0. The van der Waals surface area contributed by atoms with Crippen molar-refractivity contribution in [2.75, 3.05) is 13.2 Å². The van der Waals surface area contributed by atoms with Gasteiger partial charge in [0.2, 0.25) is 5.91 Å². The van der Waals surface area contributed by atoms with E-state index in [2.05, 4.69) is 5.32 Å². The third-order valence-electron chi connectivity index (χ3n) is 3.10. The summed E-state index contributed by atoms with van der Waals surface area (Å²) in [5.74, 6) is 0.264. The molecule has 0 aromatic rings. The van der Waals surface area contributed by atoms with Gasteiger partial charge in [-0.2, -0.15) is 0 Å². The molecule has 0 aliphatic carbocycles. The molecule has 1 heterocycles. The lowest BCUT2D eigenvalue weighted by Gasteiger charge is -2.22. The Morgan fingerprint density at radius 2 is 2.27 bits per heavy atom. The van der Waals surface area contributed by atoms with Crippen LogP contribution >= 0.6 is 0 Å². The number of nitrogens with two attached hydrogens (primary N) is 1. The summed E-state index contributed by atoms with van der Waals surface area (Å²) in [4.78, 5) is 11.9. The highest BCUT2D eigenvalue weighted by molar-refractivity contribution is 5.79. The van der Waals surface area contributed by atoms with E-state index in [9.17, 15) is 4.79 Å². The number of carbonyl (C=O) groups is 1. The second kappa shape index (κ2) is 5.47. The molecule has 88 valence electrons. The summed E-state index contributed by atoms with van der Waals surface area (Å²) in [5, 5.41) is 3.02. The lowest BCUT2D eigenvalue weighted by atomic mass is 9.94. The van der Waals surface area contributed by atoms with E-state index in [-0.39, 0.29) is 29.9 Å². The lowest BCUT2D eigenvalue weighted by molar-refractivity contribution is -0.127. The Kier molecular flexibility index (Phi) is 4.54. The molecule has 1 rings (SSSR count). The Bertz CT molecular complexity index is 219. The molecule has 1 fully saturated rings. The highest BCUT2D eigenvalue weighted by atomic mass is 16.5. The minimum atomic E-state index is -0.0854. The van der Waals surface area contributed by atoms with Crippen LogP contribution in [0.2, 0.25) is 0 Å². The van der Waals surface area contributed by atoms with E-state index in [0.717, 1.165) is 13.0 Å². The van der Waals surface area contributed by atoms with Gasteiger partial charge in [-0.05, 0) is 19.3 Å². The van der Waals surface area contributed by atoms with Crippen LogP contribution in [0.5, 0.6) is 0 Å². The molecule has 0 radical (unpaired) electrons. The fourth-order valence-electron chi connectivity index (χ4n) is 1.89. The molecular formula is C11H22N2O2. The number of carbonyl (C=O) groups excluding carboxylic acids is 1. The molecule has 0 aromatic carbocycles. The Morgan fingerprint density at radius 3 is 2.67 bits per heavy atom. The van der Waals surface area contributed by atoms with Gasteiger partial charge in [0.05, 0.1) is 18.1 Å². The van der Waals surface area contributed by atoms with Crippen molar-refractivity contribution >= 4 is 5.91 Å². The first kappa shape index (κ1) is 12.5. The van der Waals surface area contributed by atoms with Crippen LogP contribution in [0.15, 0.2) is 0 Å². The number of ether oxygens (including phenoxy) is 1. The molecular weight excluding hydrogens is 192 g/mol. The van der Waals surface area contributed by atoms with E-state index in [1.165, 1.54) is 0 Å². The highest BCUT2D eigenvalue weighted by Crippen LogP contribution is 2.15. The van der Waals surface area contributed by atoms with Crippen molar-refractivity contribution in [3.8, 4) is 0 Å². The van der Waals surface area contributed by atoms with Crippen LogP contribution in [0, 0.1) is 11.8 Å². The average molecular weight is 214 g/mol. The third-order valence-corrected chi connectivity index (χ3v) is 3.10. The molecule has 1 amide bonds. The number of amides is 1. The average Bonchev–Trinajstić information content (AvgIpc) is 2.52. The van der Waals surface area contributed by atoms with Gasteiger partial charge in [0.1, 0.15) is 0 Å². The van der Waals surface area contributed by atoms with Gasteiger partial charge in [-0.1, -0.05) is 13.8 Å². The van der Waals surface area contributed by atoms with Crippen LogP contribution in [0.1, 0.15) is 27.2 Å². The molecule has 1 saturated heterocycles. The first-order valence-electron chi connectivity index (χ1n) is 5.68. The van der Waals surface area contributed by atoms with Gasteiger partial charge >= 0.3 is 0 Å². The van der Waals surface area contributed by atoms with Crippen LogP contribution in [0.25, 0.3) is 0 Å². The zero-order valence-corrected chi connectivity index (χ0v) is 9.82. The van der Waals surface area contributed by atoms with Gasteiger partial charge in [0.25, 0.3) is 0 Å². The molecule has 1 aliphatic rings. The monoisotopic (exact) mass is 214 g/mol. The summed E-state index contributed by atoms with van der Waals surface area (Å²) in [6, 6.07) is 0.158. The van der Waals surface area contributed by atoms with Gasteiger partial charge in [0.15, 0.2) is 0 Å². The van der Waals surface area contributed by atoms with E-state index < -0.39 is 0 Å². The molecule has 0 bridgehead atoms. The maximum atomic E-state index is 11.9. The highest BCUT2D eigenvalue weighted by Gasteiger charge is 2.29. The molecule has 3 atom stereocenters. The Hall–Kier alpha value is -0.610. The third kappa shape index (κ3) is 3.18. The second-order valence-corrected chi connectivity index (χ2v) is 4.57. The van der Waals surface area contributed by atoms with Crippen LogP contribution in [-0.4, -0.2) is 31.2 Å². The van der Waals surface area contributed by atoms with Gasteiger partial charge < -0.3 is 15.8 Å². The fourth-order valence-corrected chi connectivity index (χ4v) is 1.89. The normalized spacial score (nSPS) is 28.1. The van der Waals surface area contributed by atoms with E-state index in [0.29, 0.717) is 6.54 Å². The zero-order valence-electron chi connectivity index (χ0n) is 9.82. The van der Waals surface area contributed by atoms with Crippen molar-refractivity contribution in [2.24, 2.45) is 17.6 Å². The largest absolute Gasteiger partial charge is 0.376 e. The molecule has 0 spiro atoms. The number of rotatable bonds is 4. The minimum absolute atomic E-state index is 0.0647. The summed E-state index contributed by atoms with van der Waals surface area (Å²) in [6.07, 6.45) is 1.03. The topological polar surface area (TPSA) is 64.4 Å². The first-order chi connectivity index (χ1) is 7.06. The predicted molar refractivity (Wildman–Crippen MR) is 59.3 cm³/mol. The minimum Gasteiger partial charge on any atom is -0.376 e. The Morgan fingerprint density at radius 1 is 1.60 bits per heavy atom. The van der Waals surface area contributed by atoms with Crippen LogP contribution in [-0.2, 0) is 9.53 Å². The lowest BCUT2D eigenvalue weighted by Crippen LogP contribution is -2.45. The summed E-state index contributed by atoms with van der Waals surface area (Å²) < 4.78 is 5.39. The summed E-state index contributed by atoms with van der Waals surface area (Å²) >= 11 is 0. The van der Waals surface area contributed by atoms with Gasteiger partial charge in [-0.15, -0.1) is 0 Å². The quantitative estimate of drug-likeness (QED) is 0.716. The van der Waals surface area contributed by atoms with E-state index in [4.69, 9.17) is 10.5 Å². The molecule has 0 saturated carbocycles. The molecule has 3 N–H and O–H groups in total. The Balaban J connectivity index is 2.46. The maximum absolute atomic E-state index is 11.9. The summed E-state index contributed by atoms with van der Waals surface area (Å²) in [6.45, 7) is 7.18. The standard InChI is InChI=1S/C11H22N2O2/c1-7(2)9(6-12)11(14)13-10-4-5-15-8(10)3/h7-10H,4-6,12H2,1-3H3,(H,13,14). The SMILES string of the molecule is CC(C)C(CN)C(=O)NC1CCOC1C. The smallest absolute Gasteiger partial charge is 0.224 e. The number of hydrogen-bond donors (Lipinski definition) is 2. The second-order valence-electron chi connectivity index (χ2n) is 4.57. The van der Waals surface area contributed by atoms with Crippen LogP contribution in [0.4, 0.5) is 0 Å². The van der Waals surface area contributed by atoms with Gasteiger partial charge in [-0.3, -0.25) is 4.79 Å². The van der Waals surface area contributed by atoms with Crippen molar-refractivity contribution < 1.29 is 9.53 Å². The van der Waals surface area contributed by atoms with Crippen molar-refractivity contribution in [3.05, 3.63) is 0 Å². The van der Waals surface area contributed by atoms with Crippen molar-refractivity contribution in [3.63, 3.8) is 0 Å². The van der Waals surface area contributed by atoms with E-state index in [1.54, 1.807) is 0 Å². The van der Waals surface area contributed by atoms with Gasteiger partial charge in [-0.25, -0.2) is 0 Å². The molecule has 15 heavy (non-hydrogen) atoms. The molecule has 4 nitrogen and oxygen atoms in total. The maximum Gasteiger partial charge on any atom is 0.224 e. The molecule has 4 heteroatoms. The van der Waals surface area contributed by atoms with Gasteiger partial charge in [0, 0.05) is 13.2 Å². The van der Waals surface area contributed by atoms with Crippen LogP contribution < -0.4 is 11.1 Å². The van der Waals surface area contributed by atoms with Crippen LogP contribution in [0.3, 0.4) is 0 Å². The molecule has 0 aromatic heterocycles. The molecule has 1 aliphatic heterocycles. The van der Waals surface area contributed by atoms with Crippen molar-refractivity contribution in [1.29, 1.82) is 0 Å². The van der Waals surface area contributed by atoms with Crippen molar-refractivity contribution in [1.82, 2.24) is 5.32 Å². The molecule has 3 unspecified atom stereocenters. The van der Waals surface area contributed by atoms with Crippen molar-refractivity contribution in [2.45, 2.75) is 39.3 Å². The number of nitrogens with one attached hydrogen (secondary N) is 1. The van der Waals surface area contributed by atoms with E-state index in [1.807, 2.05) is 20.8 Å². The first-order valence-corrected chi connectivity index (χ1v) is 5.68. The summed E-state index contributed by atoms with van der Waals surface area (Å²) in [5.41, 5.74) is 5.59. The predicted octanol–water partition coefficient (Wildman–Crippen LogP) is 0.511.